The van der Waals surface area contributed by atoms with Crippen molar-refractivity contribution >= 4 is 23.5 Å². The number of rotatable bonds is 4. The van der Waals surface area contributed by atoms with Gasteiger partial charge in [0, 0.05) is 5.02 Å². The SMILES string of the molecule is CC1(OCC(=O)O)CN(C(=O)c2ccc(Cl)cc2O)C1. The Morgan fingerprint density at radius 3 is 2.65 bits per heavy atom. The molecule has 6 nitrogen and oxygen atoms in total. The molecule has 20 heavy (non-hydrogen) atoms. The van der Waals surface area contributed by atoms with E-state index in [2.05, 4.69) is 0 Å². The summed E-state index contributed by atoms with van der Waals surface area (Å²) in [5.41, 5.74) is -0.495. The van der Waals surface area contributed by atoms with Gasteiger partial charge in [-0.15, -0.1) is 0 Å². The second kappa shape index (κ2) is 5.30. The van der Waals surface area contributed by atoms with E-state index in [1.54, 1.807) is 6.92 Å². The third-order valence-corrected chi connectivity index (χ3v) is 3.31. The highest BCUT2D eigenvalue weighted by Crippen LogP contribution is 2.29. The lowest BCUT2D eigenvalue weighted by Crippen LogP contribution is -2.63. The van der Waals surface area contributed by atoms with Crippen LogP contribution in [0.1, 0.15) is 17.3 Å². The Bertz CT molecular complexity index is 554. The van der Waals surface area contributed by atoms with E-state index in [4.69, 9.17) is 21.4 Å². The summed E-state index contributed by atoms with van der Waals surface area (Å²) in [4.78, 5) is 24.1. The molecule has 1 amide bonds. The summed E-state index contributed by atoms with van der Waals surface area (Å²) in [6.07, 6.45) is 0. The zero-order chi connectivity index (χ0) is 14.9. The van der Waals surface area contributed by atoms with E-state index in [0.29, 0.717) is 5.02 Å². The van der Waals surface area contributed by atoms with E-state index < -0.39 is 18.2 Å². The molecule has 0 saturated carbocycles. The van der Waals surface area contributed by atoms with Gasteiger partial charge in [-0.3, -0.25) is 4.79 Å². The van der Waals surface area contributed by atoms with E-state index in [1.165, 1.54) is 23.1 Å². The minimum atomic E-state index is -1.05. The second-order valence-corrected chi connectivity index (χ2v) is 5.39. The maximum atomic E-state index is 12.1. The maximum absolute atomic E-state index is 12.1. The smallest absolute Gasteiger partial charge is 0.329 e. The predicted molar refractivity (Wildman–Crippen MR) is 71.0 cm³/mol. The van der Waals surface area contributed by atoms with E-state index in [0.717, 1.165) is 0 Å². The zero-order valence-corrected chi connectivity index (χ0v) is 11.6. The number of halogens is 1. The number of aliphatic carboxylic acids is 1. The molecule has 1 aliphatic heterocycles. The summed E-state index contributed by atoms with van der Waals surface area (Å²) in [6.45, 7) is 1.90. The average Bonchev–Trinajstić information content (AvgIpc) is 2.32. The van der Waals surface area contributed by atoms with Crippen molar-refractivity contribution in [3.63, 3.8) is 0 Å². The summed E-state index contributed by atoms with van der Waals surface area (Å²) in [5.74, 6) is -1.57. The molecule has 1 aromatic carbocycles. The second-order valence-electron chi connectivity index (χ2n) is 4.96. The number of ether oxygens (including phenoxy) is 1. The summed E-state index contributed by atoms with van der Waals surface area (Å²) < 4.78 is 5.22. The quantitative estimate of drug-likeness (QED) is 0.876. The number of carboxylic acid groups (broad SMARTS) is 1. The Balaban J connectivity index is 1.98. The lowest BCUT2D eigenvalue weighted by atomic mass is 9.95. The first-order valence-electron chi connectivity index (χ1n) is 5.94. The van der Waals surface area contributed by atoms with Gasteiger partial charge in [0.15, 0.2) is 0 Å². The topological polar surface area (TPSA) is 87.1 Å². The van der Waals surface area contributed by atoms with Crippen LogP contribution in [0.2, 0.25) is 5.02 Å². The molecule has 0 bridgehead atoms. The van der Waals surface area contributed by atoms with Crippen LogP contribution >= 0.6 is 11.6 Å². The molecule has 1 saturated heterocycles. The van der Waals surface area contributed by atoms with Crippen molar-refractivity contribution < 1.29 is 24.5 Å². The molecule has 108 valence electrons. The van der Waals surface area contributed by atoms with Gasteiger partial charge >= 0.3 is 5.97 Å². The number of amides is 1. The van der Waals surface area contributed by atoms with Crippen LogP contribution in [0.25, 0.3) is 0 Å². The van der Waals surface area contributed by atoms with Gasteiger partial charge in [0.25, 0.3) is 5.91 Å². The summed E-state index contributed by atoms with van der Waals surface area (Å²) in [6, 6.07) is 4.27. The van der Waals surface area contributed by atoms with Crippen LogP contribution in [-0.4, -0.2) is 52.3 Å². The van der Waals surface area contributed by atoms with Gasteiger partial charge in [0.2, 0.25) is 0 Å². The molecule has 0 aliphatic carbocycles. The van der Waals surface area contributed by atoms with Crippen LogP contribution in [0.3, 0.4) is 0 Å². The van der Waals surface area contributed by atoms with Gasteiger partial charge in [-0.25, -0.2) is 4.79 Å². The minimum absolute atomic E-state index is 0.162. The average molecular weight is 300 g/mol. The molecule has 1 heterocycles. The van der Waals surface area contributed by atoms with Gasteiger partial charge in [-0.1, -0.05) is 11.6 Å². The first-order valence-corrected chi connectivity index (χ1v) is 6.32. The molecular formula is C13H14ClNO5. The largest absolute Gasteiger partial charge is 0.507 e. The Hall–Kier alpha value is -1.79. The summed E-state index contributed by atoms with van der Waals surface area (Å²) in [5, 5.41) is 18.6. The van der Waals surface area contributed by atoms with Gasteiger partial charge < -0.3 is 19.8 Å². The van der Waals surface area contributed by atoms with Crippen molar-refractivity contribution in [2.24, 2.45) is 0 Å². The molecule has 1 aromatic rings. The summed E-state index contributed by atoms with van der Waals surface area (Å²) >= 11 is 5.70. The normalized spacial score (nSPS) is 16.6. The number of hydrogen-bond acceptors (Lipinski definition) is 4. The number of likely N-dealkylation sites (tertiary alicyclic amines) is 1. The Kier molecular flexibility index (Phi) is 3.87. The monoisotopic (exact) mass is 299 g/mol. The van der Waals surface area contributed by atoms with Crippen LogP contribution in [0, 0.1) is 0 Å². The molecule has 0 atom stereocenters. The molecule has 0 aromatic heterocycles. The maximum Gasteiger partial charge on any atom is 0.329 e. The predicted octanol–water partition coefficient (Wildman–Crippen LogP) is 1.36. The number of carbonyl (C=O) groups excluding carboxylic acids is 1. The van der Waals surface area contributed by atoms with Crippen LogP contribution in [-0.2, 0) is 9.53 Å². The molecule has 0 radical (unpaired) electrons. The van der Waals surface area contributed by atoms with Crippen molar-refractivity contribution in [1.82, 2.24) is 4.90 Å². The molecule has 2 N–H and O–H groups in total. The number of carbonyl (C=O) groups is 2. The fourth-order valence-electron chi connectivity index (χ4n) is 2.09. The highest BCUT2D eigenvalue weighted by atomic mass is 35.5. The van der Waals surface area contributed by atoms with Crippen molar-refractivity contribution in [1.29, 1.82) is 0 Å². The fourth-order valence-corrected chi connectivity index (χ4v) is 2.25. The molecule has 1 aliphatic rings. The molecule has 0 unspecified atom stereocenters. The number of phenolic OH excluding ortho intramolecular Hbond substituents is 1. The number of benzene rings is 1. The van der Waals surface area contributed by atoms with E-state index in [-0.39, 0.29) is 30.3 Å². The molecular weight excluding hydrogens is 286 g/mol. The van der Waals surface area contributed by atoms with Crippen LogP contribution in [0.15, 0.2) is 18.2 Å². The van der Waals surface area contributed by atoms with Gasteiger partial charge in [0.1, 0.15) is 18.0 Å². The number of nitrogens with zero attached hydrogens (tertiary/aromatic N) is 1. The molecule has 2 rings (SSSR count). The third-order valence-electron chi connectivity index (χ3n) is 3.07. The first-order chi connectivity index (χ1) is 9.31. The Labute approximate surface area is 120 Å². The minimum Gasteiger partial charge on any atom is -0.507 e. The molecule has 1 fully saturated rings. The zero-order valence-electron chi connectivity index (χ0n) is 10.8. The lowest BCUT2D eigenvalue weighted by Gasteiger charge is -2.47. The summed E-state index contributed by atoms with van der Waals surface area (Å²) in [7, 11) is 0. The van der Waals surface area contributed by atoms with E-state index in [1.807, 2.05) is 0 Å². The number of phenols is 1. The molecule has 7 heteroatoms. The van der Waals surface area contributed by atoms with Crippen molar-refractivity contribution in [3.05, 3.63) is 28.8 Å². The van der Waals surface area contributed by atoms with Crippen molar-refractivity contribution in [2.45, 2.75) is 12.5 Å². The van der Waals surface area contributed by atoms with E-state index in [9.17, 15) is 14.7 Å². The lowest BCUT2D eigenvalue weighted by molar-refractivity contribution is -0.159. The number of carboxylic acids is 1. The number of aromatic hydroxyl groups is 1. The first kappa shape index (κ1) is 14.6. The van der Waals surface area contributed by atoms with Crippen LogP contribution in [0.5, 0.6) is 5.75 Å². The van der Waals surface area contributed by atoms with Gasteiger partial charge in [-0.05, 0) is 25.1 Å². The van der Waals surface area contributed by atoms with Crippen molar-refractivity contribution in [2.75, 3.05) is 19.7 Å². The van der Waals surface area contributed by atoms with E-state index >= 15 is 0 Å². The highest BCUT2D eigenvalue weighted by molar-refractivity contribution is 6.30. The standard InChI is InChI=1S/C13H14ClNO5/c1-13(20-5-11(17)18)6-15(7-13)12(19)9-3-2-8(14)4-10(9)16/h2-4,16H,5-7H2,1H3,(H,17,18). The third kappa shape index (κ3) is 3.02. The Morgan fingerprint density at radius 2 is 2.10 bits per heavy atom. The van der Waals surface area contributed by atoms with Gasteiger partial charge in [0.05, 0.1) is 18.7 Å². The van der Waals surface area contributed by atoms with Crippen LogP contribution < -0.4 is 0 Å². The fraction of sp³-hybridized carbons (Fsp3) is 0.385. The molecule has 0 spiro atoms. The Morgan fingerprint density at radius 1 is 1.45 bits per heavy atom. The highest BCUT2D eigenvalue weighted by Gasteiger charge is 2.43. The van der Waals surface area contributed by atoms with Crippen molar-refractivity contribution in [3.8, 4) is 5.75 Å². The van der Waals surface area contributed by atoms with Crippen LogP contribution in [0.4, 0.5) is 0 Å². The van der Waals surface area contributed by atoms with Gasteiger partial charge in [-0.2, -0.15) is 0 Å². The number of hydrogen-bond donors (Lipinski definition) is 2.